The van der Waals surface area contributed by atoms with Gasteiger partial charge in [-0.05, 0) is 42.8 Å². The molecule has 0 aliphatic rings. The maximum absolute atomic E-state index is 14.6. The molecule has 4 rings (SSSR count). The number of benzene rings is 2. The SMILES string of the molecule is Cc1ccc(C(=O)c2oc3cc(-c4cccnc4)c(F)cc3c2N)c(Cl)c1. The molecule has 2 aromatic carbocycles. The molecule has 2 heterocycles. The number of carbonyl (C=O) groups excluding carboxylic acids is 1. The smallest absolute Gasteiger partial charge is 0.231 e. The number of nitrogens with zero attached hydrogens (tertiary/aromatic N) is 1. The van der Waals surface area contributed by atoms with Gasteiger partial charge in [0, 0.05) is 34.5 Å². The van der Waals surface area contributed by atoms with Gasteiger partial charge in [0.25, 0.3) is 0 Å². The van der Waals surface area contributed by atoms with Gasteiger partial charge < -0.3 is 10.2 Å². The molecule has 0 bridgehead atoms. The molecule has 4 aromatic rings. The first kappa shape index (κ1) is 17.2. The highest BCUT2D eigenvalue weighted by Crippen LogP contribution is 2.35. The number of carbonyl (C=O) groups is 1. The van der Waals surface area contributed by atoms with E-state index in [1.807, 2.05) is 6.92 Å². The van der Waals surface area contributed by atoms with E-state index in [4.69, 9.17) is 21.8 Å². The number of halogens is 2. The molecule has 0 saturated carbocycles. The van der Waals surface area contributed by atoms with Crippen LogP contribution < -0.4 is 5.73 Å². The highest BCUT2D eigenvalue weighted by Gasteiger charge is 2.23. The first-order chi connectivity index (χ1) is 13.0. The Kier molecular flexibility index (Phi) is 4.16. The molecule has 0 unspecified atom stereocenters. The van der Waals surface area contributed by atoms with E-state index in [2.05, 4.69) is 4.98 Å². The third kappa shape index (κ3) is 2.96. The first-order valence-electron chi connectivity index (χ1n) is 8.18. The second-order valence-electron chi connectivity index (χ2n) is 6.23. The topological polar surface area (TPSA) is 69.1 Å². The molecule has 0 atom stereocenters. The summed E-state index contributed by atoms with van der Waals surface area (Å²) in [5, 5.41) is 0.647. The second-order valence-corrected chi connectivity index (χ2v) is 6.63. The van der Waals surface area contributed by atoms with Gasteiger partial charge in [0.2, 0.25) is 5.78 Å². The van der Waals surface area contributed by atoms with E-state index in [-0.39, 0.29) is 17.0 Å². The molecule has 0 aliphatic heterocycles. The fourth-order valence-corrected chi connectivity index (χ4v) is 3.30. The van der Waals surface area contributed by atoms with Gasteiger partial charge in [0.05, 0.1) is 10.7 Å². The monoisotopic (exact) mass is 380 g/mol. The van der Waals surface area contributed by atoms with Crippen LogP contribution in [0.2, 0.25) is 5.02 Å². The zero-order valence-electron chi connectivity index (χ0n) is 14.3. The third-order valence-corrected chi connectivity index (χ3v) is 4.68. The fourth-order valence-electron chi connectivity index (χ4n) is 2.97. The standard InChI is InChI=1S/C21H14ClFN2O2/c1-11-4-5-13(16(22)7-11)20(26)21-19(24)15-8-17(23)14(9-18(15)27-21)12-3-2-6-25-10-12/h2-10H,24H2,1H3. The number of pyridine rings is 1. The number of aryl methyl sites for hydroxylation is 1. The summed E-state index contributed by atoms with van der Waals surface area (Å²) in [5.74, 6) is -0.981. The van der Waals surface area contributed by atoms with Crippen LogP contribution in [0, 0.1) is 12.7 Å². The molecule has 0 fully saturated rings. The Morgan fingerprint density at radius 1 is 1.22 bits per heavy atom. The van der Waals surface area contributed by atoms with Crippen molar-refractivity contribution < 1.29 is 13.6 Å². The van der Waals surface area contributed by atoms with Crippen molar-refractivity contribution >= 4 is 34.0 Å². The summed E-state index contributed by atoms with van der Waals surface area (Å²) in [6, 6.07) is 11.3. The number of aromatic nitrogens is 1. The highest BCUT2D eigenvalue weighted by atomic mass is 35.5. The quantitative estimate of drug-likeness (QED) is 0.482. The molecule has 27 heavy (non-hydrogen) atoms. The van der Waals surface area contributed by atoms with Crippen molar-refractivity contribution in [3.8, 4) is 11.1 Å². The molecule has 4 nitrogen and oxygen atoms in total. The van der Waals surface area contributed by atoms with Crippen molar-refractivity contribution in [1.29, 1.82) is 0 Å². The summed E-state index contributed by atoms with van der Waals surface area (Å²) in [6.45, 7) is 1.87. The van der Waals surface area contributed by atoms with E-state index in [1.54, 1.807) is 42.7 Å². The largest absolute Gasteiger partial charge is 0.450 e. The van der Waals surface area contributed by atoms with Crippen LogP contribution in [-0.4, -0.2) is 10.8 Å². The number of ketones is 1. The van der Waals surface area contributed by atoms with Crippen molar-refractivity contribution in [3.63, 3.8) is 0 Å². The van der Waals surface area contributed by atoms with Gasteiger partial charge in [-0.25, -0.2) is 4.39 Å². The van der Waals surface area contributed by atoms with Crippen LogP contribution in [0.5, 0.6) is 0 Å². The van der Waals surface area contributed by atoms with Crippen LogP contribution in [0.1, 0.15) is 21.7 Å². The maximum atomic E-state index is 14.6. The lowest BCUT2D eigenvalue weighted by Crippen LogP contribution is -2.04. The molecule has 6 heteroatoms. The van der Waals surface area contributed by atoms with E-state index in [0.717, 1.165) is 5.56 Å². The van der Waals surface area contributed by atoms with Crippen molar-refractivity contribution in [2.24, 2.45) is 0 Å². The Labute approximate surface area is 159 Å². The van der Waals surface area contributed by atoms with Crippen LogP contribution in [0.4, 0.5) is 10.1 Å². The molecule has 0 amide bonds. The number of rotatable bonds is 3. The van der Waals surface area contributed by atoms with E-state index < -0.39 is 11.6 Å². The molecule has 0 aliphatic carbocycles. The number of nitrogens with two attached hydrogens (primary N) is 1. The van der Waals surface area contributed by atoms with Crippen LogP contribution in [0.25, 0.3) is 22.1 Å². The number of nitrogen functional groups attached to an aromatic ring is 1. The van der Waals surface area contributed by atoms with E-state index >= 15 is 0 Å². The molecular formula is C21H14ClFN2O2. The Hall–Kier alpha value is -3.18. The minimum Gasteiger partial charge on any atom is -0.450 e. The average Bonchev–Trinajstić information content (AvgIpc) is 2.97. The minimum atomic E-state index is -0.477. The minimum absolute atomic E-state index is 0.0570. The van der Waals surface area contributed by atoms with Crippen molar-refractivity contribution in [1.82, 2.24) is 4.98 Å². The highest BCUT2D eigenvalue weighted by molar-refractivity contribution is 6.35. The number of furan rings is 1. The second kappa shape index (κ2) is 6.52. The fraction of sp³-hybridized carbons (Fsp3) is 0.0476. The Morgan fingerprint density at radius 3 is 2.74 bits per heavy atom. The van der Waals surface area contributed by atoms with Crippen LogP contribution in [0.15, 0.2) is 59.3 Å². The molecule has 2 aromatic heterocycles. The number of fused-ring (bicyclic) bond motifs is 1. The molecule has 134 valence electrons. The van der Waals surface area contributed by atoms with Crippen LogP contribution in [-0.2, 0) is 0 Å². The van der Waals surface area contributed by atoms with Gasteiger partial charge in [-0.15, -0.1) is 0 Å². The van der Waals surface area contributed by atoms with Crippen LogP contribution >= 0.6 is 11.6 Å². The zero-order chi connectivity index (χ0) is 19.1. The van der Waals surface area contributed by atoms with Crippen LogP contribution in [0.3, 0.4) is 0 Å². The molecule has 0 saturated heterocycles. The molecule has 2 N–H and O–H groups in total. The average molecular weight is 381 g/mol. The van der Waals surface area contributed by atoms with E-state index in [1.165, 1.54) is 12.1 Å². The maximum Gasteiger partial charge on any atom is 0.231 e. The Morgan fingerprint density at radius 2 is 2.04 bits per heavy atom. The summed E-state index contributed by atoms with van der Waals surface area (Å²) >= 11 is 6.19. The normalized spacial score (nSPS) is 11.1. The first-order valence-corrected chi connectivity index (χ1v) is 8.56. The predicted molar refractivity (Wildman–Crippen MR) is 103 cm³/mol. The molecule has 0 radical (unpaired) electrons. The lowest BCUT2D eigenvalue weighted by molar-refractivity contribution is 0.101. The van der Waals surface area contributed by atoms with E-state index in [9.17, 15) is 9.18 Å². The zero-order valence-corrected chi connectivity index (χ0v) is 15.0. The summed E-state index contributed by atoms with van der Waals surface area (Å²) in [5.41, 5.74) is 8.60. The number of anilines is 1. The summed E-state index contributed by atoms with van der Waals surface area (Å²) in [7, 11) is 0. The van der Waals surface area contributed by atoms with Crippen molar-refractivity contribution in [2.75, 3.05) is 5.73 Å². The lowest BCUT2D eigenvalue weighted by Gasteiger charge is -2.03. The van der Waals surface area contributed by atoms with E-state index in [0.29, 0.717) is 27.1 Å². The molecular weight excluding hydrogens is 367 g/mol. The van der Waals surface area contributed by atoms with Gasteiger partial charge in [-0.2, -0.15) is 0 Å². The van der Waals surface area contributed by atoms with Gasteiger partial charge in [0.1, 0.15) is 11.4 Å². The lowest BCUT2D eigenvalue weighted by atomic mass is 10.0. The van der Waals surface area contributed by atoms with Crippen molar-refractivity contribution in [3.05, 3.63) is 82.6 Å². The number of hydrogen-bond donors (Lipinski definition) is 1. The van der Waals surface area contributed by atoms with Gasteiger partial charge in [-0.1, -0.05) is 23.7 Å². The molecule has 0 spiro atoms. The summed E-state index contributed by atoms with van der Waals surface area (Å²) in [4.78, 5) is 16.8. The summed E-state index contributed by atoms with van der Waals surface area (Å²) in [6.07, 6.45) is 3.15. The summed E-state index contributed by atoms with van der Waals surface area (Å²) < 4.78 is 20.3. The predicted octanol–water partition coefficient (Wildman–Crippen LogP) is 5.41. The number of hydrogen-bond acceptors (Lipinski definition) is 4. The van der Waals surface area contributed by atoms with Crippen molar-refractivity contribution in [2.45, 2.75) is 6.92 Å². The third-order valence-electron chi connectivity index (χ3n) is 4.36. The van der Waals surface area contributed by atoms with Gasteiger partial charge in [0.15, 0.2) is 5.76 Å². The Bertz CT molecular complexity index is 1190. The Balaban J connectivity index is 1.86. The van der Waals surface area contributed by atoms with Gasteiger partial charge >= 0.3 is 0 Å². The van der Waals surface area contributed by atoms with Gasteiger partial charge in [-0.3, -0.25) is 9.78 Å².